The Labute approximate surface area is 146 Å². The molecule has 6 unspecified atom stereocenters. The van der Waals surface area contributed by atoms with Gasteiger partial charge in [0, 0.05) is 6.61 Å². The van der Waals surface area contributed by atoms with Crippen LogP contribution in [0.25, 0.3) is 0 Å². The van der Waals surface area contributed by atoms with Crippen molar-refractivity contribution in [2.24, 2.45) is 22.1 Å². The van der Waals surface area contributed by atoms with Gasteiger partial charge in [-0.1, -0.05) is 32.6 Å². The zero-order chi connectivity index (χ0) is 16.8. The molecule has 0 aromatic rings. The summed E-state index contributed by atoms with van der Waals surface area (Å²) in [4.78, 5) is 0. The first kappa shape index (κ1) is 18.3. The lowest BCUT2D eigenvalue weighted by Crippen LogP contribution is -2.46. The molecule has 0 amide bonds. The van der Waals surface area contributed by atoms with E-state index < -0.39 is 0 Å². The molecule has 0 spiro atoms. The van der Waals surface area contributed by atoms with Gasteiger partial charge in [-0.15, -0.1) is 0 Å². The quantitative estimate of drug-likeness (QED) is 0.574. The van der Waals surface area contributed by atoms with Gasteiger partial charge in [0.05, 0.1) is 18.2 Å². The lowest BCUT2D eigenvalue weighted by molar-refractivity contribution is 0.000950. The van der Waals surface area contributed by atoms with Crippen LogP contribution in [-0.2, 0) is 4.74 Å². The van der Waals surface area contributed by atoms with Gasteiger partial charge in [-0.3, -0.25) is 5.32 Å². The average Bonchev–Trinajstić information content (AvgIpc) is 2.62. The van der Waals surface area contributed by atoms with E-state index in [1.54, 1.807) is 0 Å². The summed E-state index contributed by atoms with van der Waals surface area (Å²) in [5.74, 6) is 1.29. The van der Waals surface area contributed by atoms with Crippen molar-refractivity contribution in [2.45, 2.75) is 95.5 Å². The Hall–Kier alpha value is -0.520. The van der Waals surface area contributed by atoms with Crippen LogP contribution in [0.4, 0.5) is 0 Å². The van der Waals surface area contributed by atoms with Crippen molar-refractivity contribution in [3.05, 3.63) is 0 Å². The van der Waals surface area contributed by atoms with Crippen molar-refractivity contribution in [1.82, 2.24) is 5.32 Å². The highest BCUT2D eigenvalue weighted by molar-refractivity contribution is 4.94. The molecule has 0 bridgehead atoms. The third-order valence-corrected chi connectivity index (χ3v) is 6.16. The Kier molecular flexibility index (Phi) is 7.05. The molecule has 24 heavy (non-hydrogen) atoms. The molecule has 0 radical (unpaired) electrons. The van der Waals surface area contributed by atoms with Crippen molar-refractivity contribution in [3.8, 4) is 0 Å². The maximum Gasteiger partial charge on any atom is 0.147 e. The van der Waals surface area contributed by atoms with Crippen LogP contribution in [0.2, 0.25) is 0 Å². The Morgan fingerprint density at radius 1 is 1.04 bits per heavy atom. The zero-order valence-corrected chi connectivity index (χ0v) is 15.2. The number of azo groups is 1. The van der Waals surface area contributed by atoms with Gasteiger partial charge < -0.3 is 9.84 Å². The summed E-state index contributed by atoms with van der Waals surface area (Å²) in [6.07, 6.45) is 11.5. The summed E-state index contributed by atoms with van der Waals surface area (Å²) >= 11 is 0. The number of fused-ring (bicyclic) bond motifs is 1. The summed E-state index contributed by atoms with van der Waals surface area (Å²) in [5, 5.41) is 23.2. The van der Waals surface area contributed by atoms with Crippen LogP contribution in [0.15, 0.2) is 10.2 Å². The summed E-state index contributed by atoms with van der Waals surface area (Å²) in [6, 6.07) is 0.00377. The van der Waals surface area contributed by atoms with Gasteiger partial charge in [0.25, 0.3) is 0 Å². The van der Waals surface area contributed by atoms with Crippen LogP contribution in [0.3, 0.4) is 0 Å². The van der Waals surface area contributed by atoms with E-state index in [1.807, 2.05) is 0 Å². The molecular formula is C19H35N3O2. The van der Waals surface area contributed by atoms with Crippen molar-refractivity contribution in [2.75, 3.05) is 13.2 Å². The SMILES string of the molecule is CCCCOC1CCCNC1N=NC1C(O)CCC2CCCCC21. The number of ether oxygens (including phenoxy) is 1. The van der Waals surface area contributed by atoms with Crippen LogP contribution in [0.5, 0.6) is 0 Å². The van der Waals surface area contributed by atoms with E-state index >= 15 is 0 Å². The monoisotopic (exact) mass is 337 g/mol. The molecule has 2 N–H and O–H groups in total. The molecular weight excluding hydrogens is 302 g/mol. The van der Waals surface area contributed by atoms with Crippen molar-refractivity contribution < 1.29 is 9.84 Å². The van der Waals surface area contributed by atoms with Crippen LogP contribution >= 0.6 is 0 Å². The van der Waals surface area contributed by atoms with Crippen LogP contribution < -0.4 is 5.32 Å². The number of unbranched alkanes of at least 4 members (excludes halogenated alkanes) is 1. The fourth-order valence-electron chi connectivity index (χ4n) is 4.71. The summed E-state index contributed by atoms with van der Waals surface area (Å²) in [6.45, 7) is 3.98. The van der Waals surface area contributed by atoms with Gasteiger partial charge in [-0.25, -0.2) is 0 Å². The van der Waals surface area contributed by atoms with Crippen molar-refractivity contribution in [3.63, 3.8) is 0 Å². The van der Waals surface area contributed by atoms with E-state index in [2.05, 4.69) is 22.5 Å². The third kappa shape index (κ3) is 4.55. The van der Waals surface area contributed by atoms with E-state index in [1.165, 1.54) is 32.1 Å². The molecule has 0 aromatic heterocycles. The number of nitrogens with zero attached hydrogens (tertiary/aromatic N) is 2. The van der Waals surface area contributed by atoms with Gasteiger partial charge in [0.15, 0.2) is 0 Å². The second-order valence-electron chi connectivity index (χ2n) is 7.88. The van der Waals surface area contributed by atoms with Crippen molar-refractivity contribution >= 4 is 0 Å². The Bertz CT molecular complexity index is 404. The minimum atomic E-state index is -0.309. The Morgan fingerprint density at radius 2 is 1.92 bits per heavy atom. The normalized spacial score (nSPS) is 40.6. The third-order valence-electron chi connectivity index (χ3n) is 6.16. The average molecular weight is 338 g/mol. The van der Waals surface area contributed by atoms with E-state index in [0.29, 0.717) is 5.92 Å². The van der Waals surface area contributed by atoms with E-state index in [-0.39, 0.29) is 24.4 Å². The number of piperidine rings is 1. The fourth-order valence-corrected chi connectivity index (χ4v) is 4.71. The summed E-state index contributed by atoms with van der Waals surface area (Å²) in [5.41, 5.74) is 0. The van der Waals surface area contributed by atoms with Crippen LogP contribution in [-0.4, -0.2) is 42.7 Å². The standard InChI is InChI=1S/C19H35N3O2/c1-2-3-13-24-17-9-6-12-20-19(17)22-21-18-15-8-5-4-7-14(15)10-11-16(18)23/h14-20,23H,2-13H2,1H3. The molecule has 5 nitrogen and oxygen atoms in total. The first-order valence-electron chi connectivity index (χ1n) is 10.2. The predicted molar refractivity (Wildman–Crippen MR) is 95.0 cm³/mol. The maximum absolute atomic E-state index is 10.5. The molecule has 1 heterocycles. The highest BCUT2D eigenvalue weighted by Gasteiger charge is 2.40. The Balaban J connectivity index is 1.60. The largest absolute Gasteiger partial charge is 0.391 e. The highest BCUT2D eigenvalue weighted by Crippen LogP contribution is 2.42. The van der Waals surface area contributed by atoms with Crippen LogP contribution in [0.1, 0.15) is 71.1 Å². The molecule has 6 atom stereocenters. The number of hydrogen-bond donors (Lipinski definition) is 2. The molecule has 0 aromatic carbocycles. The molecule has 138 valence electrons. The molecule has 5 heteroatoms. The molecule has 2 saturated carbocycles. The molecule has 3 rings (SSSR count). The van der Waals surface area contributed by atoms with E-state index in [0.717, 1.165) is 51.2 Å². The highest BCUT2D eigenvalue weighted by atomic mass is 16.5. The minimum Gasteiger partial charge on any atom is -0.391 e. The summed E-state index contributed by atoms with van der Waals surface area (Å²) < 4.78 is 6.03. The fraction of sp³-hybridized carbons (Fsp3) is 1.00. The molecule has 3 fully saturated rings. The van der Waals surface area contributed by atoms with Gasteiger partial charge in [-0.2, -0.15) is 10.2 Å². The van der Waals surface area contributed by atoms with Crippen molar-refractivity contribution in [1.29, 1.82) is 0 Å². The second-order valence-corrected chi connectivity index (χ2v) is 7.88. The van der Waals surface area contributed by atoms with E-state index in [4.69, 9.17) is 4.74 Å². The van der Waals surface area contributed by atoms with E-state index in [9.17, 15) is 5.11 Å². The zero-order valence-electron chi connectivity index (χ0n) is 15.2. The lowest BCUT2D eigenvalue weighted by atomic mass is 9.67. The predicted octanol–water partition coefficient (Wildman–Crippen LogP) is 3.66. The molecule has 3 aliphatic rings. The number of hydrogen-bond acceptors (Lipinski definition) is 5. The van der Waals surface area contributed by atoms with Gasteiger partial charge >= 0.3 is 0 Å². The molecule has 1 aliphatic heterocycles. The van der Waals surface area contributed by atoms with Gasteiger partial charge in [0.2, 0.25) is 0 Å². The Morgan fingerprint density at radius 3 is 2.79 bits per heavy atom. The molecule has 2 aliphatic carbocycles. The first-order valence-corrected chi connectivity index (χ1v) is 10.2. The smallest absolute Gasteiger partial charge is 0.147 e. The second kappa shape index (κ2) is 9.25. The maximum atomic E-state index is 10.5. The summed E-state index contributed by atoms with van der Waals surface area (Å²) in [7, 11) is 0. The van der Waals surface area contributed by atoms with Gasteiger partial charge in [0.1, 0.15) is 6.17 Å². The first-order chi connectivity index (χ1) is 11.8. The molecule has 1 saturated heterocycles. The van der Waals surface area contributed by atoms with Crippen LogP contribution in [0, 0.1) is 11.8 Å². The lowest BCUT2D eigenvalue weighted by Gasteiger charge is -2.41. The number of aliphatic hydroxyl groups is 1. The topological polar surface area (TPSA) is 66.2 Å². The van der Waals surface area contributed by atoms with Gasteiger partial charge in [-0.05, 0) is 56.9 Å². The number of nitrogens with one attached hydrogen (secondary N) is 1. The number of aliphatic hydroxyl groups excluding tert-OH is 1. The minimum absolute atomic E-state index is 0.00377. The number of rotatable bonds is 6.